The third-order valence-corrected chi connectivity index (χ3v) is 3.09. The Labute approximate surface area is 100.0 Å². The van der Waals surface area contributed by atoms with E-state index < -0.39 is 0 Å². The van der Waals surface area contributed by atoms with Crippen molar-refractivity contribution in [3.63, 3.8) is 0 Å². The maximum Gasteiger partial charge on any atom is 0.0584 e. The lowest BCUT2D eigenvalue weighted by molar-refractivity contribution is 0.165. The minimum absolute atomic E-state index is 0.277. The lowest BCUT2D eigenvalue weighted by atomic mass is 10.0. The van der Waals surface area contributed by atoms with E-state index in [2.05, 4.69) is 22.5 Å². The first-order chi connectivity index (χ1) is 7.09. The second kappa shape index (κ2) is 6.09. The highest BCUT2D eigenvalue weighted by molar-refractivity contribution is 9.10. The maximum absolute atomic E-state index is 9.81. The molecule has 1 atom stereocenters. The zero-order chi connectivity index (χ0) is 11.3. The number of hydrogen-bond acceptors (Lipinski definition) is 1. The Morgan fingerprint density at radius 1 is 1.47 bits per heavy atom. The van der Waals surface area contributed by atoms with E-state index in [1.54, 1.807) is 0 Å². The van der Waals surface area contributed by atoms with Crippen LogP contribution in [0.15, 0.2) is 40.9 Å². The van der Waals surface area contributed by atoms with Crippen LogP contribution in [0.5, 0.6) is 0 Å². The van der Waals surface area contributed by atoms with Crippen LogP contribution in [0.3, 0.4) is 0 Å². The van der Waals surface area contributed by atoms with Crippen LogP contribution in [-0.2, 0) is 6.42 Å². The van der Waals surface area contributed by atoms with Gasteiger partial charge in [0.2, 0.25) is 0 Å². The standard InChI is InChI=1S/C13H17BrO/c1-10(2)7-8-12(15)9-11-5-3-4-6-13(11)14/h3-6,12,15H,1,7-9H2,2H3. The van der Waals surface area contributed by atoms with Gasteiger partial charge in [-0.15, -0.1) is 6.58 Å². The van der Waals surface area contributed by atoms with Gasteiger partial charge in [-0.25, -0.2) is 0 Å². The van der Waals surface area contributed by atoms with Gasteiger partial charge in [0, 0.05) is 4.47 Å². The molecule has 1 rings (SSSR count). The van der Waals surface area contributed by atoms with Gasteiger partial charge in [0.05, 0.1) is 6.10 Å². The summed E-state index contributed by atoms with van der Waals surface area (Å²) in [5, 5.41) is 9.81. The third-order valence-electron chi connectivity index (χ3n) is 2.32. The minimum Gasteiger partial charge on any atom is -0.393 e. The Morgan fingerprint density at radius 2 is 2.13 bits per heavy atom. The Bertz CT molecular complexity index is 333. The second-order valence-electron chi connectivity index (χ2n) is 3.95. The summed E-state index contributed by atoms with van der Waals surface area (Å²) in [6.45, 7) is 5.82. The molecule has 15 heavy (non-hydrogen) atoms. The Kier molecular flexibility index (Phi) is 5.06. The largest absolute Gasteiger partial charge is 0.393 e. The molecule has 1 nitrogen and oxygen atoms in total. The highest BCUT2D eigenvalue weighted by atomic mass is 79.9. The van der Waals surface area contributed by atoms with E-state index in [4.69, 9.17) is 0 Å². The molecule has 0 bridgehead atoms. The SMILES string of the molecule is C=C(C)CCC(O)Cc1ccccc1Br. The molecule has 82 valence electrons. The van der Waals surface area contributed by atoms with Crippen molar-refractivity contribution >= 4 is 15.9 Å². The highest BCUT2D eigenvalue weighted by Gasteiger charge is 2.07. The van der Waals surface area contributed by atoms with Gasteiger partial charge in [0.25, 0.3) is 0 Å². The van der Waals surface area contributed by atoms with Crippen molar-refractivity contribution in [3.8, 4) is 0 Å². The molecule has 1 aromatic rings. The fraction of sp³-hybridized carbons (Fsp3) is 0.385. The summed E-state index contributed by atoms with van der Waals surface area (Å²) in [6, 6.07) is 8.01. The molecule has 0 aliphatic carbocycles. The Hall–Kier alpha value is -0.600. The molecule has 1 aromatic carbocycles. The van der Waals surface area contributed by atoms with Gasteiger partial charge in [-0.2, -0.15) is 0 Å². The van der Waals surface area contributed by atoms with Crippen LogP contribution in [-0.4, -0.2) is 11.2 Å². The molecule has 0 aliphatic rings. The fourth-order valence-electron chi connectivity index (χ4n) is 1.43. The Morgan fingerprint density at radius 3 is 2.73 bits per heavy atom. The topological polar surface area (TPSA) is 20.2 Å². The van der Waals surface area contributed by atoms with Gasteiger partial charge >= 0.3 is 0 Å². The van der Waals surface area contributed by atoms with Crippen molar-refractivity contribution in [2.45, 2.75) is 32.3 Å². The summed E-state index contributed by atoms with van der Waals surface area (Å²) < 4.78 is 1.07. The first-order valence-corrected chi connectivity index (χ1v) is 5.94. The molecule has 1 N–H and O–H groups in total. The predicted octanol–water partition coefficient (Wildman–Crippen LogP) is 3.71. The summed E-state index contributed by atoms with van der Waals surface area (Å²) >= 11 is 3.48. The van der Waals surface area contributed by atoms with Crippen LogP contribution < -0.4 is 0 Å². The zero-order valence-corrected chi connectivity index (χ0v) is 10.6. The number of aliphatic hydroxyl groups is 1. The van der Waals surface area contributed by atoms with Gasteiger partial charge in [-0.1, -0.05) is 39.7 Å². The smallest absolute Gasteiger partial charge is 0.0584 e. The van der Waals surface area contributed by atoms with E-state index in [1.807, 2.05) is 31.2 Å². The highest BCUT2D eigenvalue weighted by Crippen LogP contribution is 2.19. The van der Waals surface area contributed by atoms with Crippen molar-refractivity contribution in [2.24, 2.45) is 0 Å². The third kappa shape index (κ3) is 4.63. The predicted molar refractivity (Wildman–Crippen MR) is 67.9 cm³/mol. The molecular formula is C13H17BrO. The number of allylic oxidation sites excluding steroid dienone is 1. The molecule has 0 saturated carbocycles. The number of benzene rings is 1. The molecule has 0 fully saturated rings. The molecule has 0 amide bonds. The number of aliphatic hydroxyl groups excluding tert-OH is 1. The van der Waals surface area contributed by atoms with Crippen molar-refractivity contribution < 1.29 is 5.11 Å². The van der Waals surface area contributed by atoms with Crippen molar-refractivity contribution in [1.82, 2.24) is 0 Å². The van der Waals surface area contributed by atoms with Gasteiger partial charge in [-0.05, 0) is 37.8 Å². The lowest BCUT2D eigenvalue weighted by Gasteiger charge is -2.11. The average Bonchev–Trinajstić information content (AvgIpc) is 2.18. The van der Waals surface area contributed by atoms with Crippen LogP contribution in [0, 0.1) is 0 Å². The van der Waals surface area contributed by atoms with E-state index in [-0.39, 0.29) is 6.10 Å². The molecule has 0 aliphatic heterocycles. The van der Waals surface area contributed by atoms with E-state index in [1.165, 1.54) is 0 Å². The molecule has 0 radical (unpaired) electrons. The van der Waals surface area contributed by atoms with Gasteiger partial charge in [0.15, 0.2) is 0 Å². The number of hydrogen-bond donors (Lipinski definition) is 1. The first kappa shape index (κ1) is 12.5. The van der Waals surface area contributed by atoms with Crippen LogP contribution in [0.1, 0.15) is 25.3 Å². The summed E-state index contributed by atoms with van der Waals surface area (Å²) in [6.07, 6.45) is 2.11. The van der Waals surface area contributed by atoms with E-state index >= 15 is 0 Å². The summed E-state index contributed by atoms with van der Waals surface area (Å²) in [5.41, 5.74) is 2.29. The number of rotatable bonds is 5. The molecule has 0 spiro atoms. The Balaban J connectivity index is 2.47. The lowest BCUT2D eigenvalue weighted by Crippen LogP contribution is -2.10. The van der Waals surface area contributed by atoms with E-state index in [0.717, 1.165) is 28.5 Å². The van der Waals surface area contributed by atoms with Crippen LogP contribution >= 0.6 is 15.9 Å². The summed E-state index contributed by atoms with van der Waals surface area (Å²) in [5.74, 6) is 0. The fourth-order valence-corrected chi connectivity index (χ4v) is 1.88. The number of halogens is 1. The van der Waals surface area contributed by atoms with Gasteiger partial charge < -0.3 is 5.11 Å². The molecule has 2 heteroatoms. The van der Waals surface area contributed by atoms with E-state index in [0.29, 0.717) is 6.42 Å². The average molecular weight is 269 g/mol. The minimum atomic E-state index is -0.277. The van der Waals surface area contributed by atoms with Gasteiger partial charge in [-0.3, -0.25) is 0 Å². The molecule has 0 saturated heterocycles. The normalized spacial score (nSPS) is 12.5. The monoisotopic (exact) mass is 268 g/mol. The molecular weight excluding hydrogens is 252 g/mol. The molecule has 1 unspecified atom stereocenters. The molecule has 0 aromatic heterocycles. The maximum atomic E-state index is 9.81. The first-order valence-electron chi connectivity index (χ1n) is 5.15. The van der Waals surface area contributed by atoms with Crippen molar-refractivity contribution in [2.75, 3.05) is 0 Å². The second-order valence-corrected chi connectivity index (χ2v) is 4.80. The molecule has 0 heterocycles. The summed E-state index contributed by atoms with van der Waals surface area (Å²) in [7, 11) is 0. The van der Waals surface area contributed by atoms with Crippen molar-refractivity contribution in [1.29, 1.82) is 0 Å². The van der Waals surface area contributed by atoms with Gasteiger partial charge in [0.1, 0.15) is 0 Å². The quantitative estimate of drug-likeness (QED) is 0.808. The summed E-state index contributed by atoms with van der Waals surface area (Å²) in [4.78, 5) is 0. The van der Waals surface area contributed by atoms with E-state index in [9.17, 15) is 5.11 Å². The van der Waals surface area contributed by atoms with Crippen LogP contribution in [0.25, 0.3) is 0 Å². The zero-order valence-electron chi connectivity index (χ0n) is 9.04. The van der Waals surface area contributed by atoms with Crippen LogP contribution in [0.4, 0.5) is 0 Å². The van der Waals surface area contributed by atoms with Crippen LogP contribution in [0.2, 0.25) is 0 Å². The van der Waals surface area contributed by atoms with Crippen molar-refractivity contribution in [3.05, 3.63) is 46.5 Å².